The van der Waals surface area contributed by atoms with Crippen molar-refractivity contribution in [2.75, 3.05) is 0 Å². The van der Waals surface area contributed by atoms with E-state index in [2.05, 4.69) is 0 Å². The van der Waals surface area contributed by atoms with Crippen LogP contribution in [0, 0.1) is 11.3 Å². The van der Waals surface area contributed by atoms with Crippen LogP contribution in [0.1, 0.15) is 35.4 Å². The maximum atomic E-state index is 13.5. The van der Waals surface area contributed by atoms with Crippen LogP contribution in [-0.4, -0.2) is 9.55 Å². The normalized spacial score (nSPS) is 14.3. The number of nitriles is 1. The largest absolute Gasteiger partial charge is 0.418 e. The molecule has 1 aromatic heterocycles. The van der Waals surface area contributed by atoms with Crippen molar-refractivity contribution in [1.82, 2.24) is 9.55 Å². The number of rotatable bonds is 2. The summed E-state index contributed by atoms with van der Waals surface area (Å²) in [6.07, 6.45) is -2.97. The Morgan fingerprint density at radius 3 is 2.48 bits per heavy atom. The maximum absolute atomic E-state index is 13.5. The van der Waals surface area contributed by atoms with E-state index in [9.17, 15) is 28.0 Å². The summed E-state index contributed by atoms with van der Waals surface area (Å²) in [5.74, 6) is 0.116. The molecule has 27 heavy (non-hydrogen) atoms. The molecule has 0 saturated heterocycles. The minimum atomic E-state index is -4.68. The SMILES string of the molecule is N#Cc1cc2c(=O)[nH]c(=O)n(-c3ccccc3C(F)(F)F)c2cc1C1CC1. The zero-order chi connectivity index (χ0) is 19.3. The minimum Gasteiger partial charge on any atom is -0.273 e. The Kier molecular flexibility index (Phi) is 3.70. The van der Waals surface area contributed by atoms with Crippen LogP contribution in [0.15, 0.2) is 46.0 Å². The topological polar surface area (TPSA) is 78.7 Å². The van der Waals surface area contributed by atoms with Gasteiger partial charge in [0.2, 0.25) is 0 Å². The van der Waals surface area contributed by atoms with Gasteiger partial charge in [0, 0.05) is 0 Å². The van der Waals surface area contributed by atoms with E-state index >= 15 is 0 Å². The third-order valence-corrected chi connectivity index (χ3v) is 4.66. The van der Waals surface area contributed by atoms with Crippen molar-refractivity contribution in [1.29, 1.82) is 5.26 Å². The number of nitrogens with one attached hydrogen (secondary N) is 1. The third-order valence-electron chi connectivity index (χ3n) is 4.66. The lowest BCUT2D eigenvalue weighted by Crippen LogP contribution is -2.30. The van der Waals surface area contributed by atoms with Gasteiger partial charge in [-0.1, -0.05) is 12.1 Å². The molecule has 1 fully saturated rings. The standard InChI is InChI=1S/C19H12F3N3O2/c20-19(21,22)14-3-1-2-4-15(14)25-16-8-12(10-5-6-10)11(9-23)7-13(16)17(26)24-18(25)27/h1-4,7-8,10H,5-6H2,(H,24,26,27). The van der Waals surface area contributed by atoms with E-state index < -0.39 is 23.0 Å². The number of hydrogen-bond donors (Lipinski definition) is 1. The Balaban J connectivity index is 2.14. The highest BCUT2D eigenvalue weighted by atomic mass is 19.4. The molecule has 0 atom stereocenters. The van der Waals surface area contributed by atoms with Crippen LogP contribution in [-0.2, 0) is 6.18 Å². The smallest absolute Gasteiger partial charge is 0.273 e. The van der Waals surface area contributed by atoms with E-state index in [1.807, 2.05) is 11.1 Å². The second kappa shape index (κ2) is 5.84. The molecule has 1 aliphatic rings. The Bertz CT molecular complexity index is 1230. The Morgan fingerprint density at radius 2 is 1.85 bits per heavy atom. The second-order valence-electron chi connectivity index (χ2n) is 6.45. The average molecular weight is 371 g/mol. The second-order valence-corrected chi connectivity index (χ2v) is 6.45. The number of alkyl halides is 3. The van der Waals surface area contributed by atoms with Crippen LogP contribution >= 0.6 is 0 Å². The molecule has 0 aliphatic heterocycles. The number of fused-ring (bicyclic) bond motifs is 1. The molecule has 0 radical (unpaired) electrons. The van der Waals surface area contributed by atoms with Crippen molar-refractivity contribution in [3.8, 4) is 11.8 Å². The van der Waals surface area contributed by atoms with Crippen molar-refractivity contribution in [2.24, 2.45) is 0 Å². The van der Waals surface area contributed by atoms with Crippen molar-refractivity contribution in [3.05, 3.63) is 73.9 Å². The number of aromatic nitrogens is 2. The molecule has 0 bridgehead atoms. The van der Waals surface area contributed by atoms with Gasteiger partial charge in [0.15, 0.2) is 0 Å². The molecule has 0 spiro atoms. The first-order chi connectivity index (χ1) is 12.8. The third kappa shape index (κ3) is 2.81. The Labute approximate surface area is 150 Å². The van der Waals surface area contributed by atoms with E-state index in [1.165, 1.54) is 30.3 Å². The van der Waals surface area contributed by atoms with Gasteiger partial charge in [0.1, 0.15) is 0 Å². The first-order valence-electron chi connectivity index (χ1n) is 8.21. The fraction of sp³-hybridized carbons (Fsp3) is 0.211. The molecule has 5 nitrogen and oxygen atoms in total. The van der Waals surface area contributed by atoms with Gasteiger partial charge >= 0.3 is 11.9 Å². The molecule has 0 unspecified atom stereocenters. The highest BCUT2D eigenvalue weighted by Gasteiger charge is 2.34. The van der Waals surface area contributed by atoms with Crippen LogP contribution < -0.4 is 11.2 Å². The van der Waals surface area contributed by atoms with Crippen LogP contribution in [0.25, 0.3) is 16.6 Å². The van der Waals surface area contributed by atoms with E-state index in [0.717, 1.165) is 23.5 Å². The number of H-pyrrole nitrogens is 1. The van der Waals surface area contributed by atoms with Gasteiger partial charge in [0.25, 0.3) is 5.56 Å². The van der Waals surface area contributed by atoms with Gasteiger partial charge in [-0.3, -0.25) is 14.3 Å². The van der Waals surface area contributed by atoms with E-state index in [-0.39, 0.29) is 22.5 Å². The number of halogens is 3. The number of benzene rings is 2. The summed E-state index contributed by atoms with van der Waals surface area (Å²) < 4.78 is 41.2. The zero-order valence-corrected chi connectivity index (χ0v) is 13.8. The maximum Gasteiger partial charge on any atom is 0.418 e. The van der Waals surface area contributed by atoms with E-state index in [1.54, 1.807) is 0 Å². The van der Waals surface area contributed by atoms with Gasteiger partial charge in [0.05, 0.1) is 33.8 Å². The highest BCUT2D eigenvalue weighted by Crippen LogP contribution is 2.42. The molecule has 1 N–H and O–H groups in total. The first kappa shape index (κ1) is 17.1. The molecule has 2 aromatic carbocycles. The zero-order valence-electron chi connectivity index (χ0n) is 13.8. The molecular weight excluding hydrogens is 359 g/mol. The van der Waals surface area contributed by atoms with Crippen LogP contribution in [0.4, 0.5) is 13.2 Å². The van der Waals surface area contributed by atoms with Gasteiger partial charge in [-0.25, -0.2) is 4.79 Å². The van der Waals surface area contributed by atoms with E-state index in [4.69, 9.17) is 0 Å². The summed E-state index contributed by atoms with van der Waals surface area (Å²) in [5.41, 5.74) is -2.06. The Morgan fingerprint density at radius 1 is 1.15 bits per heavy atom. The van der Waals surface area contributed by atoms with Crippen LogP contribution in [0.5, 0.6) is 0 Å². The highest BCUT2D eigenvalue weighted by molar-refractivity contribution is 5.83. The fourth-order valence-electron chi connectivity index (χ4n) is 3.28. The predicted molar refractivity (Wildman–Crippen MR) is 91.9 cm³/mol. The number of hydrogen-bond acceptors (Lipinski definition) is 3. The van der Waals surface area contributed by atoms with Crippen molar-refractivity contribution >= 4 is 10.9 Å². The number of aromatic amines is 1. The van der Waals surface area contributed by atoms with Crippen molar-refractivity contribution in [3.63, 3.8) is 0 Å². The monoisotopic (exact) mass is 371 g/mol. The van der Waals surface area contributed by atoms with Gasteiger partial charge in [-0.05, 0) is 48.6 Å². The lowest BCUT2D eigenvalue weighted by atomic mass is 10.0. The summed E-state index contributed by atoms with van der Waals surface area (Å²) >= 11 is 0. The van der Waals surface area contributed by atoms with Gasteiger partial charge < -0.3 is 0 Å². The summed E-state index contributed by atoms with van der Waals surface area (Å²) in [6, 6.07) is 9.54. The van der Waals surface area contributed by atoms with Gasteiger partial charge in [-0.15, -0.1) is 0 Å². The molecule has 136 valence electrons. The first-order valence-corrected chi connectivity index (χ1v) is 8.21. The lowest BCUT2D eigenvalue weighted by molar-refractivity contribution is -0.137. The molecule has 3 aromatic rings. The average Bonchev–Trinajstić information content (AvgIpc) is 3.45. The van der Waals surface area contributed by atoms with Crippen molar-refractivity contribution < 1.29 is 13.2 Å². The minimum absolute atomic E-state index is 0.00692. The number of para-hydroxylation sites is 1. The number of nitrogens with zero attached hydrogens (tertiary/aromatic N) is 2. The van der Waals surface area contributed by atoms with Crippen LogP contribution in [0.3, 0.4) is 0 Å². The quantitative estimate of drug-likeness (QED) is 0.749. The van der Waals surface area contributed by atoms with Crippen molar-refractivity contribution in [2.45, 2.75) is 24.9 Å². The molecular formula is C19H12F3N3O2. The lowest BCUT2D eigenvalue weighted by Gasteiger charge is -2.16. The summed E-state index contributed by atoms with van der Waals surface area (Å²) in [7, 11) is 0. The summed E-state index contributed by atoms with van der Waals surface area (Å²) in [6.45, 7) is 0. The summed E-state index contributed by atoms with van der Waals surface area (Å²) in [4.78, 5) is 26.7. The molecule has 1 saturated carbocycles. The molecule has 4 rings (SSSR count). The molecule has 8 heteroatoms. The fourth-order valence-corrected chi connectivity index (χ4v) is 3.28. The molecule has 0 amide bonds. The predicted octanol–water partition coefficient (Wildman–Crippen LogP) is 3.45. The van der Waals surface area contributed by atoms with Crippen LogP contribution in [0.2, 0.25) is 0 Å². The van der Waals surface area contributed by atoms with E-state index in [0.29, 0.717) is 11.1 Å². The van der Waals surface area contributed by atoms with Gasteiger partial charge in [-0.2, -0.15) is 18.4 Å². The summed E-state index contributed by atoms with van der Waals surface area (Å²) in [5, 5.41) is 9.35. The Hall–Kier alpha value is -3.34. The molecule has 1 heterocycles. The molecule has 1 aliphatic carbocycles.